The SMILES string of the molecule is COc1nc(OC)nc(SCC(NC(C)=O)C(=O)O)n1. The minimum atomic E-state index is -1.14. The molecule has 110 valence electrons. The molecule has 20 heavy (non-hydrogen) atoms. The zero-order valence-electron chi connectivity index (χ0n) is 11.1. The average Bonchev–Trinajstić information content (AvgIpc) is 2.42. The van der Waals surface area contributed by atoms with Crippen molar-refractivity contribution in [2.24, 2.45) is 0 Å². The van der Waals surface area contributed by atoms with Gasteiger partial charge in [0.05, 0.1) is 14.2 Å². The van der Waals surface area contributed by atoms with Crippen molar-refractivity contribution in [3.05, 3.63) is 0 Å². The van der Waals surface area contributed by atoms with Crippen molar-refractivity contribution in [3.63, 3.8) is 0 Å². The van der Waals surface area contributed by atoms with E-state index in [1.54, 1.807) is 0 Å². The molecule has 1 rings (SSSR count). The van der Waals surface area contributed by atoms with Crippen LogP contribution in [0, 0.1) is 0 Å². The number of carbonyl (C=O) groups excluding carboxylic acids is 1. The van der Waals surface area contributed by atoms with Crippen molar-refractivity contribution < 1.29 is 24.2 Å². The first-order valence-electron chi connectivity index (χ1n) is 5.43. The van der Waals surface area contributed by atoms with Crippen molar-refractivity contribution in [2.75, 3.05) is 20.0 Å². The summed E-state index contributed by atoms with van der Waals surface area (Å²) in [6, 6.07) is -0.914. The third-order valence-electron chi connectivity index (χ3n) is 1.99. The number of aliphatic carboxylic acids is 1. The summed E-state index contributed by atoms with van der Waals surface area (Å²) >= 11 is 1.04. The molecular formula is C10H14N4O5S. The molecule has 1 atom stereocenters. The van der Waals surface area contributed by atoms with E-state index in [1.165, 1.54) is 21.1 Å². The van der Waals surface area contributed by atoms with E-state index in [9.17, 15) is 9.59 Å². The lowest BCUT2D eigenvalue weighted by molar-refractivity contribution is -0.140. The molecule has 0 saturated carbocycles. The number of methoxy groups -OCH3 is 2. The van der Waals surface area contributed by atoms with Crippen LogP contribution in [0.25, 0.3) is 0 Å². The number of amides is 1. The van der Waals surface area contributed by atoms with Gasteiger partial charge < -0.3 is 19.9 Å². The lowest BCUT2D eigenvalue weighted by Gasteiger charge is -2.12. The van der Waals surface area contributed by atoms with Gasteiger partial charge in [0.15, 0.2) is 5.16 Å². The Balaban J connectivity index is 2.76. The van der Waals surface area contributed by atoms with Crippen LogP contribution in [0.3, 0.4) is 0 Å². The van der Waals surface area contributed by atoms with Crippen LogP contribution in [-0.2, 0) is 9.59 Å². The van der Waals surface area contributed by atoms with Gasteiger partial charge in [0.25, 0.3) is 0 Å². The molecule has 2 N–H and O–H groups in total. The molecule has 0 spiro atoms. The standard InChI is InChI=1S/C10H14N4O5S/c1-5(15)11-6(7(16)17)4-20-10-13-8(18-2)12-9(14-10)19-3/h6H,4H2,1-3H3,(H,11,15)(H,16,17). The molecule has 10 heteroatoms. The Hall–Kier alpha value is -2.10. The Bertz CT molecular complexity index is 476. The molecule has 1 aromatic rings. The molecule has 0 saturated heterocycles. The number of hydrogen-bond donors (Lipinski definition) is 2. The van der Waals surface area contributed by atoms with Gasteiger partial charge in [0.2, 0.25) is 5.91 Å². The molecule has 1 heterocycles. The molecule has 1 amide bonds. The molecule has 0 aliphatic heterocycles. The van der Waals surface area contributed by atoms with E-state index < -0.39 is 17.9 Å². The van der Waals surface area contributed by atoms with E-state index in [0.29, 0.717) is 0 Å². The van der Waals surface area contributed by atoms with Gasteiger partial charge >= 0.3 is 18.0 Å². The summed E-state index contributed by atoms with van der Waals surface area (Å²) in [5, 5.41) is 11.5. The van der Waals surface area contributed by atoms with E-state index in [-0.39, 0.29) is 22.9 Å². The molecule has 0 bridgehead atoms. The number of aromatic nitrogens is 3. The quantitative estimate of drug-likeness (QED) is 0.645. The molecule has 0 fully saturated rings. The van der Waals surface area contributed by atoms with Crippen LogP contribution in [0.5, 0.6) is 12.0 Å². The number of carbonyl (C=O) groups is 2. The summed E-state index contributed by atoms with van der Waals surface area (Å²) in [4.78, 5) is 33.6. The minimum Gasteiger partial charge on any atom is -0.480 e. The maximum absolute atomic E-state index is 11.0. The Labute approximate surface area is 119 Å². The van der Waals surface area contributed by atoms with E-state index in [4.69, 9.17) is 14.6 Å². The summed E-state index contributed by atoms with van der Waals surface area (Å²) in [6.07, 6.45) is 0. The second kappa shape index (κ2) is 7.48. The van der Waals surface area contributed by atoms with Crippen LogP contribution in [0.15, 0.2) is 5.16 Å². The van der Waals surface area contributed by atoms with E-state index in [0.717, 1.165) is 11.8 Å². The van der Waals surface area contributed by atoms with Crippen LogP contribution in [0.1, 0.15) is 6.92 Å². The minimum absolute atomic E-state index is 0.0607. The lowest BCUT2D eigenvalue weighted by atomic mass is 10.3. The van der Waals surface area contributed by atoms with Gasteiger partial charge in [-0.1, -0.05) is 11.8 Å². The van der Waals surface area contributed by atoms with Gasteiger partial charge in [-0.25, -0.2) is 4.79 Å². The Morgan fingerprint density at radius 2 is 1.80 bits per heavy atom. The first-order chi connectivity index (χ1) is 9.46. The first-order valence-corrected chi connectivity index (χ1v) is 6.41. The largest absolute Gasteiger partial charge is 0.480 e. The van der Waals surface area contributed by atoms with Crippen molar-refractivity contribution in [1.82, 2.24) is 20.3 Å². The van der Waals surface area contributed by atoms with Crippen LogP contribution in [0.4, 0.5) is 0 Å². The van der Waals surface area contributed by atoms with Gasteiger partial charge in [-0.2, -0.15) is 9.97 Å². The molecule has 0 aromatic carbocycles. The van der Waals surface area contributed by atoms with Gasteiger partial charge in [-0.15, -0.1) is 4.98 Å². The highest BCUT2D eigenvalue weighted by Gasteiger charge is 2.20. The fraction of sp³-hybridized carbons (Fsp3) is 0.500. The predicted octanol–water partition coefficient (Wildman–Crippen LogP) is -0.430. The second-order valence-corrected chi connectivity index (χ2v) is 4.48. The zero-order chi connectivity index (χ0) is 15.1. The topological polar surface area (TPSA) is 124 Å². The maximum Gasteiger partial charge on any atom is 0.327 e. The van der Waals surface area contributed by atoms with Gasteiger partial charge in [0.1, 0.15) is 6.04 Å². The van der Waals surface area contributed by atoms with Crippen molar-refractivity contribution in [2.45, 2.75) is 18.1 Å². The van der Waals surface area contributed by atoms with Crippen LogP contribution in [0.2, 0.25) is 0 Å². The molecule has 1 aromatic heterocycles. The summed E-state index contributed by atoms with van der Waals surface area (Å²) in [6.45, 7) is 1.25. The smallest absolute Gasteiger partial charge is 0.327 e. The monoisotopic (exact) mass is 302 g/mol. The fourth-order valence-electron chi connectivity index (χ4n) is 1.15. The predicted molar refractivity (Wildman–Crippen MR) is 68.9 cm³/mol. The zero-order valence-corrected chi connectivity index (χ0v) is 11.9. The number of nitrogens with zero attached hydrogens (tertiary/aromatic N) is 3. The number of nitrogens with one attached hydrogen (secondary N) is 1. The summed E-state index contributed by atoms with van der Waals surface area (Å²) in [5.41, 5.74) is 0. The molecule has 0 aliphatic carbocycles. The fourth-order valence-corrected chi connectivity index (χ4v) is 1.97. The average molecular weight is 302 g/mol. The Morgan fingerprint density at radius 1 is 1.25 bits per heavy atom. The number of ether oxygens (including phenoxy) is 2. The van der Waals surface area contributed by atoms with Gasteiger partial charge in [0, 0.05) is 12.7 Å². The molecular weight excluding hydrogens is 288 g/mol. The number of carboxylic acid groups (broad SMARTS) is 1. The maximum atomic E-state index is 11.0. The number of thioether (sulfide) groups is 1. The molecule has 9 nitrogen and oxygen atoms in total. The number of rotatable bonds is 7. The highest BCUT2D eigenvalue weighted by molar-refractivity contribution is 7.99. The molecule has 0 aliphatic rings. The molecule has 1 unspecified atom stereocenters. The van der Waals surface area contributed by atoms with Crippen molar-refractivity contribution in [1.29, 1.82) is 0 Å². The van der Waals surface area contributed by atoms with Crippen molar-refractivity contribution >= 4 is 23.6 Å². The van der Waals surface area contributed by atoms with Gasteiger partial charge in [-0.3, -0.25) is 4.79 Å². The Kier molecular flexibility index (Phi) is 5.97. The highest BCUT2D eigenvalue weighted by Crippen LogP contribution is 2.19. The van der Waals surface area contributed by atoms with Crippen LogP contribution < -0.4 is 14.8 Å². The van der Waals surface area contributed by atoms with E-state index >= 15 is 0 Å². The number of carboxylic acids is 1. The van der Waals surface area contributed by atoms with Crippen LogP contribution >= 0.6 is 11.8 Å². The van der Waals surface area contributed by atoms with Crippen LogP contribution in [-0.4, -0.2) is 57.9 Å². The number of hydrogen-bond acceptors (Lipinski definition) is 8. The third-order valence-corrected chi connectivity index (χ3v) is 2.93. The van der Waals surface area contributed by atoms with E-state index in [1.807, 2.05) is 0 Å². The second-order valence-electron chi connectivity index (χ2n) is 3.49. The van der Waals surface area contributed by atoms with Gasteiger partial charge in [-0.05, 0) is 0 Å². The lowest BCUT2D eigenvalue weighted by Crippen LogP contribution is -2.41. The Morgan fingerprint density at radius 3 is 2.20 bits per heavy atom. The normalized spacial score (nSPS) is 11.6. The summed E-state index contributed by atoms with van der Waals surface area (Å²) in [5.74, 6) is -1.50. The van der Waals surface area contributed by atoms with Crippen molar-refractivity contribution in [3.8, 4) is 12.0 Å². The molecule has 0 radical (unpaired) electrons. The summed E-state index contributed by atoms with van der Waals surface area (Å²) < 4.78 is 9.75. The first kappa shape index (κ1) is 16.0. The highest BCUT2D eigenvalue weighted by atomic mass is 32.2. The third kappa shape index (κ3) is 4.88. The summed E-state index contributed by atoms with van der Waals surface area (Å²) in [7, 11) is 2.78. The van der Waals surface area contributed by atoms with E-state index in [2.05, 4.69) is 20.3 Å².